The van der Waals surface area contributed by atoms with Crippen LogP contribution in [0.1, 0.15) is 34.5 Å². The molecule has 1 aliphatic rings. The quantitative estimate of drug-likeness (QED) is 0.586. The van der Waals surface area contributed by atoms with Gasteiger partial charge in [-0.05, 0) is 67.3 Å². The summed E-state index contributed by atoms with van der Waals surface area (Å²) >= 11 is 6.17. The fourth-order valence-electron chi connectivity index (χ4n) is 3.36. The van der Waals surface area contributed by atoms with Crippen molar-refractivity contribution in [2.45, 2.75) is 17.7 Å². The first-order valence-electron chi connectivity index (χ1n) is 10.1. The Labute approximate surface area is 192 Å². The van der Waals surface area contributed by atoms with Crippen LogP contribution >= 0.6 is 11.6 Å². The molecule has 1 fully saturated rings. The van der Waals surface area contributed by atoms with Gasteiger partial charge < -0.3 is 5.32 Å². The number of carbonyl (C=O) groups is 1. The Morgan fingerprint density at radius 3 is 2.56 bits per heavy atom. The summed E-state index contributed by atoms with van der Waals surface area (Å²) < 4.78 is 27.2. The van der Waals surface area contributed by atoms with Crippen LogP contribution in [0, 0.1) is 11.8 Å². The summed E-state index contributed by atoms with van der Waals surface area (Å²) in [4.78, 5) is 16.9. The number of sulfonamides is 1. The van der Waals surface area contributed by atoms with E-state index in [0.29, 0.717) is 30.0 Å². The first kappa shape index (κ1) is 22.0. The fourth-order valence-corrected chi connectivity index (χ4v) is 5.38. The van der Waals surface area contributed by atoms with Crippen LogP contribution in [0.2, 0.25) is 5.02 Å². The minimum absolute atomic E-state index is 0.0521. The highest BCUT2D eigenvalue weighted by molar-refractivity contribution is 7.89. The third kappa shape index (κ3) is 5.00. The van der Waals surface area contributed by atoms with Gasteiger partial charge in [-0.15, -0.1) is 0 Å². The van der Waals surface area contributed by atoms with E-state index < -0.39 is 15.9 Å². The lowest BCUT2D eigenvalue weighted by Crippen LogP contribution is -2.28. The van der Waals surface area contributed by atoms with Gasteiger partial charge in [-0.25, -0.2) is 13.4 Å². The van der Waals surface area contributed by atoms with Crippen LogP contribution in [-0.2, 0) is 10.0 Å². The molecule has 8 heteroatoms. The zero-order chi connectivity index (χ0) is 22.6. The lowest BCUT2D eigenvalue weighted by atomic mass is 10.1. The number of pyridine rings is 1. The predicted molar refractivity (Wildman–Crippen MR) is 124 cm³/mol. The second kappa shape index (κ2) is 9.53. The molecule has 0 spiro atoms. The number of halogens is 1. The molecule has 2 heterocycles. The normalized spacial score (nSPS) is 13.9. The van der Waals surface area contributed by atoms with Crippen LogP contribution in [0.25, 0.3) is 0 Å². The van der Waals surface area contributed by atoms with Gasteiger partial charge in [0.15, 0.2) is 0 Å². The van der Waals surface area contributed by atoms with Crippen molar-refractivity contribution in [2.75, 3.05) is 18.4 Å². The predicted octanol–water partition coefficient (Wildman–Crippen LogP) is 4.17. The number of hydrogen-bond donors (Lipinski definition) is 1. The van der Waals surface area contributed by atoms with Crippen molar-refractivity contribution in [3.63, 3.8) is 0 Å². The van der Waals surface area contributed by atoms with Crippen molar-refractivity contribution < 1.29 is 13.2 Å². The lowest BCUT2D eigenvalue weighted by Gasteiger charge is -2.17. The smallest absolute Gasteiger partial charge is 0.255 e. The highest BCUT2D eigenvalue weighted by Crippen LogP contribution is 2.28. The first-order chi connectivity index (χ1) is 15.4. The highest BCUT2D eigenvalue weighted by atomic mass is 35.5. The summed E-state index contributed by atoms with van der Waals surface area (Å²) in [5.41, 5.74) is 2.11. The number of anilines is 1. The molecule has 0 atom stereocenters. The van der Waals surface area contributed by atoms with Crippen LogP contribution in [-0.4, -0.2) is 36.7 Å². The molecule has 1 aliphatic heterocycles. The molecule has 1 saturated heterocycles. The molecule has 0 aliphatic carbocycles. The molecule has 0 bridgehead atoms. The molecule has 1 amide bonds. The number of benzene rings is 2. The Hall–Kier alpha value is -3.18. The molecule has 32 heavy (non-hydrogen) atoms. The lowest BCUT2D eigenvalue weighted by molar-refractivity contribution is 0.102. The Bertz CT molecular complexity index is 1310. The molecule has 4 rings (SSSR count). The van der Waals surface area contributed by atoms with E-state index in [2.05, 4.69) is 22.1 Å². The minimum Gasteiger partial charge on any atom is -0.322 e. The number of amides is 1. The SMILES string of the molecule is O=C(Nc1cccc(C#Cc2ccccn2)c1)c1ccc(Cl)c(S(=O)(=O)N2CCCC2)c1. The van der Waals surface area contributed by atoms with E-state index in [1.165, 1.54) is 22.5 Å². The van der Waals surface area contributed by atoms with E-state index >= 15 is 0 Å². The van der Waals surface area contributed by atoms with Crippen molar-refractivity contribution in [3.8, 4) is 11.8 Å². The molecule has 0 radical (unpaired) electrons. The summed E-state index contributed by atoms with van der Waals surface area (Å²) in [6.45, 7) is 0.919. The zero-order valence-electron chi connectivity index (χ0n) is 17.1. The third-order valence-electron chi connectivity index (χ3n) is 5.00. The van der Waals surface area contributed by atoms with Crippen LogP contribution in [0.5, 0.6) is 0 Å². The molecular formula is C24H20ClN3O3S. The Balaban J connectivity index is 1.54. The Kier molecular flexibility index (Phi) is 6.56. The van der Waals surface area contributed by atoms with E-state index in [0.717, 1.165) is 12.8 Å². The Morgan fingerprint density at radius 2 is 1.81 bits per heavy atom. The second-order valence-corrected chi connectivity index (χ2v) is 9.57. The number of aromatic nitrogens is 1. The van der Waals surface area contributed by atoms with Crippen molar-refractivity contribution in [1.29, 1.82) is 0 Å². The molecule has 0 saturated carbocycles. The molecule has 0 unspecified atom stereocenters. The van der Waals surface area contributed by atoms with Crippen molar-refractivity contribution >= 4 is 33.2 Å². The zero-order valence-corrected chi connectivity index (χ0v) is 18.7. The van der Waals surface area contributed by atoms with E-state index in [1.807, 2.05) is 24.3 Å². The first-order valence-corrected chi connectivity index (χ1v) is 11.9. The van der Waals surface area contributed by atoms with Gasteiger partial charge in [0.25, 0.3) is 5.91 Å². The van der Waals surface area contributed by atoms with Crippen LogP contribution in [0.15, 0.2) is 71.8 Å². The summed E-state index contributed by atoms with van der Waals surface area (Å²) in [5.74, 6) is 5.55. The maximum absolute atomic E-state index is 12.9. The third-order valence-corrected chi connectivity index (χ3v) is 7.38. The summed E-state index contributed by atoms with van der Waals surface area (Å²) in [5, 5.41) is 2.89. The van der Waals surface area contributed by atoms with Crippen molar-refractivity contribution in [3.05, 3.63) is 88.7 Å². The van der Waals surface area contributed by atoms with Gasteiger partial charge in [0.1, 0.15) is 10.6 Å². The molecule has 1 N–H and O–H groups in total. The van der Waals surface area contributed by atoms with E-state index in [-0.39, 0.29) is 15.5 Å². The summed E-state index contributed by atoms with van der Waals surface area (Å²) in [7, 11) is -3.74. The maximum Gasteiger partial charge on any atom is 0.255 e. The van der Waals surface area contributed by atoms with Crippen molar-refractivity contribution in [2.24, 2.45) is 0 Å². The van der Waals surface area contributed by atoms with Gasteiger partial charge in [-0.1, -0.05) is 29.7 Å². The van der Waals surface area contributed by atoms with Gasteiger partial charge in [0, 0.05) is 36.1 Å². The number of rotatable bonds is 4. The Morgan fingerprint density at radius 1 is 1.00 bits per heavy atom. The van der Waals surface area contributed by atoms with Gasteiger partial charge >= 0.3 is 0 Å². The average Bonchev–Trinajstić information content (AvgIpc) is 3.35. The van der Waals surface area contributed by atoms with Gasteiger partial charge in [-0.2, -0.15) is 4.31 Å². The average molecular weight is 466 g/mol. The molecule has 162 valence electrons. The van der Waals surface area contributed by atoms with Crippen LogP contribution in [0.4, 0.5) is 5.69 Å². The molecule has 1 aromatic heterocycles. The second-order valence-electron chi connectivity index (χ2n) is 7.26. The number of carbonyl (C=O) groups excluding carboxylic acids is 1. The van der Waals surface area contributed by atoms with Gasteiger partial charge in [0.05, 0.1) is 5.02 Å². The monoisotopic (exact) mass is 465 g/mol. The largest absolute Gasteiger partial charge is 0.322 e. The standard InChI is InChI=1S/C24H20ClN3O3S/c25-22-12-10-19(17-23(22)32(30,31)28-14-3-4-15-28)24(29)27-21-8-5-6-18(16-21)9-11-20-7-1-2-13-26-20/h1-2,5-8,10,12-13,16-17H,3-4,14-15H2,(H,27,29). The van der Waals surface area contributed by atoms with Crippen LogP contribution in [0.3, 0.4) is 0 Å². The van der Waals surface area contributed by atoms with E-state index in [4.69, 9.17) is 11.6 Å². The maximum atomic E-state index is 12.9. The molecule has 3 aromatic rings. The molecular weight excluding hydrogens is 446 g/mol. The number of nitrogens with zero attached hydrogens (tertiary/aromatic N) is 2. The van der Waals surface area contributed by atoms with Gasteiger partial charge in [-0.3, -0.25) is 4.79 Å². The van der Waals surface area contributed by atoms with Crippen LogP contribution < -0.4 is 5.32 Å². The molecule has 2 aromatic carbocycles. The minimum atomic E-state index is -3.74. The summed E-state index contributed by atoms with van der Waals surface area (Å²) in [6.07, 6.45) is 3.30. The van der Waals surface area contributed by atoms with E-state index in [9.17, 15) is 13.2 Å². The van der Waals surface area contributed by atoms with E-state index in [1.54, 1.807) is 24.4 Å². The van der Waals surface area contributed by atoms with Gasteiger partial charge in [0.2, 0.25) is 10.0 Å². The number of hydrogen-bond acceptors (Lipinski definition) is 4. The molecule has 6 nitrogen and oxygen atoms in total. The van der Waals surface area contributed by atoms with Crippen molar-refractivity contribution in [1.82, 2.24) is 9.29 Å². The summed E-state index contributed by atoms with van der Waals surface area (Å²) in [6, 6.07) is 16.9. The highest BCUT2D eigenvalue weighted by Gasteiger charge is 2.29. The topological polar surface area (TPSA) is 79.4 Å². The fraction of sp³-hybridized carbons (Fsp3) is 0.167. The number of nitrogens with one attached hydrogen (secondary N) is 1.